The smallest absolute Gasteiger partial charge is 0.328 e. The molecule has 0 fully saturated rings. The summed E-state index contributed by atoms with van der Waals surface area (Å²) in [6.07, 6.45) is 3.83. The molecular weight excluding hydrogens is 200 g/mol. The number of aliphatic hydroxyl groups is 1. The Labute approximate surface area is 86.8 Å². The van der Waals surface area contributed by atoms with Gasteiger partial charge in [-0.25, -0.2) is 4.79 Å². The molecule has 0 aromatic rings. The van der Waals surface area contributed by atoms with Crippen molar-refractivity contribution in [3.8, 4) is 0 Å². The number of aliphatic carboxylic acids is 1. The molecule has 0 aromatic carbocycles. The molecule has 6 heteroatoms. The number of carboxylic acids is 1. The first-order chi connectivity index (χ1) is 7.04. The van der Waals surface area contributed by atoms with Gasteiger partial charge in [0.15, 0.2) is 0 Å². The van der Waals surface area contributed by atoms with Gasteiger partial charge < -0.3 is 21.3 Å². The number of hydrogen-bond acceptors (Lipinski definition) is 4. The summed E-state index contributed by atoms with van der Waals surface area (Å²) < 4.78 is 0. The van der Waals surface area contributed by atoms with Crippen LogP contribution in [-0.2, 0) is 9.59 Å². The molecular formula is C9H14N2O4. The second-order valence-electron chi connectivity index (χ2n) is 3.47. The molecule has 0 spiro atoms. The van der Waals surface area contributed by atoms with E-state index in [4.69, 9.17) is 15.9 Å². The number of nitrogens with one attached hydrogen (secondary N) is 1. The first-order valence-corrected chi connectivity index (χ1v) is 4.62. The van der Waals surface area contributed by atoms with Crippen LogP contribution in [0.15, 0.2) is 12.2 Å². The summed E-state index contributed by atoms with van der Waals surface area (Å²) in [5.74, 6) is -2.06. The lowest BCUT2D eigenvalue weighted by Gasteiger charge is -2.14. The molecule has 3 atom stereocenters. The Morgan fingerprint density at radius 2 is 2.20 bits per heavy atom. The van der Waals surface area contributed by atoms with Crippen molar-refractivity contribution < 1.29 is 19.8 Å². The van der Waals surface area contributed by atoms with Gasteiger partial charge in [0, 0.05) is 6.04 Å². The summed E-state index contributed by atoms with van der Waals surface area (Å²) in [6.45, 7) is -0.621. The lowest BCUT2D eigenvalue weighted by Crippen LogP contribution is -2.45. The molecule has 2 unspecified atom stereocenters. The number of amides is 1. The summed E-state index contributed by atoms with van der Waals surface area (Å²) in [6, 6.07) is -1.40. The fourth-order valence-corrected chi connectivity index (χ4v) is 1.39. The minimum absolute atomic E-state index is 0.154. The first kappa shape index (κ1) is 11.7. The van der Waals surface area contributed by atoms with E-state index in [1.165, 1.54) is 0 Å². The third-order valence-corrected chi connectivity index (χ3v) is 2.25. The monoisotopic (exact) mass is 214 g/mol. The van der Waals surface area contributed by atoms with Crippen LogP contribution in [0.2, 0.25) is 0 Å². The molecule has 0 bridgehead atoms. The standard InChI is InChI=1S/C9H14N2O4/c10-6-2-1-5(3-6)8(13)11-7(4-12)9(14)15/h1-2,5-7,12H,3-4,10H2,(H,11,13)(H,14,15)/t5?,6?,7-/m1/s1. The molecule has 5 N–H and O–H groups in total. The molecule has 0 radical (unpaired) electrons. The second kappa shape index (κ2) is 4.90. The van der Waals surface area contributed by atoms with E-state index >= 15 is 0 Å². The number of rotatable bonds is 4. The molecule has 84 valence electrons. The van der Waals surface area contributed by atoms with Crippen LogP contribution in [0.5, 0.6) is 0 Å². The Balaban J connectivity index is 2.48. The Hall–Kier alpha value is -1.40. The maximum atomic E-state index is 11.5. The van der Waals surface area contributed by atoms with E-state index in [1.807, 2.05) is 0 Å². The zero-order chi connectivity index (χ0) is 11.4. The van der Waals surface area contributed by atoms with Crippen LogP contribution in [0.4, 0.5) is 0 Å². The maximum Gasteiger partial charge on any atom is 0.328 e. The van der Waals surface area contributed by atoms with Gasteiger partial charge in [-0.15, -0.1) is 0 Å². The number of carbonyl (C=O) groups excluding carboxylic acids is 1. The number of aliphatic hydroxyl groups excluding tert-OH is 1. The first-order valence-electron chi connectivity index (χ1n) is 4.62. The van der Waals surface area contributed by atoms with Crippen LogP contribution in [0.1, 0.15) is 6.42 Å². The lowest BCUT2D eigenvalue weighted by molar-refractivity contribution is -0.143. The average Bonchev–Trinajstić information content (AvgIpc) is 2.60. The SMILES string of the molecule is NC1C=CC(C(=O)N[C@H](CO)C(=O)O)C1. The van der Waals surface area contributed by atoms with E-state index in [2.05, 4.69) is 5.32 Å². The predicted octanol–water partition coefficient (Wildman–Crippen LogP) is -1.55. The van der Waals surface area contributed by atoms with Crippen LogP contribution in [0.25, 0.3) is 0 Å². The van der Waals surface area contributed by atoms with Gasteiger partial charge in [0.2, 0.25) is 5.91 Å². The van der Waals surface area contributed by atoms with Crippen LogP contribution in [0.3, 0.4) is 0 Å². The third kappa shape index (κ3) is 3.03. The van der Waals surface area contributed by atoms with Crippen molar-refractivity contribution in [2.45, 2.75) is 18.5 Å². The summed E-state index contributed by atoms with van der Waals surface area (Å²) >= 11 is 0. The van der Waals surface area contributed by atoms with Crippen LogP contribution >= 0.6 is 0 Å². The summed E-state index contributed by atoms with van der Waals surface area (Å²) in [5.41, 5.74) is 5.55. The predicted molar refractivity (Wildman–Crippen MR) is 51.9 cm³/mol. The highest BCUT2D eigenvalue weighted by Crippen LogP contribution is 2.16. The van der Waals surface area contributed by atoms with Gasteiger partial charge in [-0.05, 0) is 6.42 Å². The van der Waals surface area contributed by atoms with Crippen molar-refractivity contribution in [3.63, 3.8) is 0 Å². The van der Waals surface area contributed by atoms with Gasteiger partial charge in [0.1, 0.15) is 6.04 Å². The molecule has 6 nitrogen and oxygen atoms in total. The summed E-state index contributed by atoms with van der Waals surface area (Å²) in [4.78, 5) is 22.0. The van der Waals surface area contributed by atoms with Gasteiger partial charge >= 0.3 is 5.97 Å². The normalized spacial score (nSPS) is 26.3. The highest BCUT2D eigenvalue weighted by atomic mass is 16.4. The van der Waals surface area contributed by atoms with Gasteiger partial charge in [-0.3, -0.25) is 4.79 Å². The van der Waals surface area contributed by atoms with E-state index in [0.717, 1.165) is 0 Å². The minimum atomic E-state index is -1.25. The third-order valence-electron chi connectivity index (χ3n) is 2.25. The van der Waals surface area contributed by atoms with E-state index in [0.29, 0.717) is 6.42 Å². The Morgan fingerprint density at radius 3 is 2.60 bits per heavy atom. The van der Waals surface area contributed by atoms with Crippen LogP contribution in [-0.4, -0.2) is 40.8 Å². The highest BCUT2D eigenvalue weighted by Gasteiger charge is 2.26. The van der Waals surface area contributed by atoms with E-state index in [-0.39, 0.29) is 6.04 Å². The fraction of sp³-hybridized carbons (Fsp3) is 0.556. The molecule has 0 saturated carbocycles. The van der Waals surface area contributed by atoms with E-state index in [1.54, 1.807) is 12.2 Å². The zero-order valence-electron chi connectivity index (χ0n) is 8.09. The Kier molecular flexibility index (Phi) is 3.81. The van der Waals surface area contributed by atoms with Gasteiger partial charge in [0.25, 0.3) is 0 Å². The molecule has 0 aliphatic heterocycles. The van der Waals surface area contributed by atoms with Crippen LogP contribution < -0.4 is 11.1 Å². The molecule has 1 aliphatic rings. The van der Waals surface area contributed by atoms with Crippen molar-refractivity contribution >= 4 is 11.9 Å². The van der Waals surface area contributed by atoms with Gasteiger partial charge in [-0.2, -0.15) is 0 Å². The zero-order valence-corrected chi connectivity index (χ0v) is 8.09. The van der Waals surface area contributed by atoms with Crippen LogP contribution in [0, 0.1) is 5.92 Å². The van der Waals surface area contributed by atoms with Crippen molar-refractivity contribution in [1.82, 2.24) is 5.32 Å². The highest BCUT2D eigenvalue weighted by molar-refractivity contribution is 5.86. The maximum absolute atomic E-state index is 11.5. The number of nitrogens with two attached hydrogens (primary N) is 1. The molecule has 1 rings (SSSR count). The molecule has 1 amide bonds. The lowest BCUT2D eigenvalue weighted by atomic mass is 10.1. The fourth-order valence-electron chi connectivity index (χ4n) is 1.39. The largest absolute Gasteiger partial charge is 0.480 e. The number of carboxylic acid groups (broad SMARTS) is 1. The molecule has 0 saturated heterocycles. The molecule has 0 aromatic heterocycles. The second-order valence-corrected chi connectivity index (χ2v) is 3.47. The Bertz CT molecular complexity index is 290. The summed E-state index contributed by atoms with van der Waals surface area (Å²) in [7, 11) is 0. The molecule has 15 heavy (non-hydrogen) atoms. The van der Waals surface area contributed by atoms with E-state index < -0.39 is 30.4 Å². The Morgan fingerprint density at radius 1 is 1.53 bits per heavy atom. The van der Waals surface area contributed by atoms with Crippen molar-refractivity contribution in [3.05, 3.63) is 12.2 Å². The average molecular weight is 214 g/mol. The van der Waals surface area contributed by atoms with Gasteiger partial charge in [0.05, 0.1) is 12.5 Å². The van der Waals surface area contributed by atoms with Crippen molar-refractivity contribution in [2.75, 3.05) is 6.61 Å². The van der Waals surface area contributed by atoms with Gasteiger partial charge in [-0.1, -0.05) is 12.2 Å². The van der Waals surface area contributed by atoms with E-state index in [9.17, 15) is 9.59 Å². The molecule has 0 heterocycles. The minimum Gasteiger partial charge on any atom is -0.480 e. The quantitative estimate of drug-likeness (QED) is 0.423. The summed E-state index contributed by atoms with van der Waals surface area (Å²) in [5, 5.41) is 19.5. The molecule has 1 aliphatic carbocycles. The number of carbonyl (C=O) groups is 2. The van der Waals surface area contributed by atoms with Crippen molar-refractivity contribution in [1.29, 1.82) is 0 Å². The number of hydrogen-bond donors (Lipinski definition) is 4. The topological polar surface area (TPSA) is 113 Å². The van der Waals surface area contributed by atoms with Crippen molar-refractivity contribution in [2.24, 2.45) is 11.7 Å².